The number of hydrogen-bond donors (Lipinski definition) is 1. The summed E-state index contributed by atoms with van der Waals surface area (Å²) in [6.07, 6.45) is 0. The molecule has 0 amide bonds. The molecule has 0 atom stereocenters. The van der Waals surface area contributed by atoms with E-state index in [1.54, 1.807) is 12.1 Å². The fourth-order valence-corrected chi connectivity index (χ4v) is 1.77. The summed E-state index contributed by atoms with van der Waals surface area (Å²) in [5.74, 6) is -1.83. The molecule has 3 aromatic rings. The van der Waals surface area contributed by atoms with Crippen LogP contribution in [0.1, 0.15) is 0 Å². The van der Waals surface area contributed by atoms with Crippen LogP contribution in [-0.2, 0) is 0 Å². The Kier molecular flexibility index (Phi) is 2.86. The van der Waals surface area contributed by atoms with Crippen molar-refractivity contribution in [3.63, 3.8) is 0 Å². The summed E-state index contributed by atoms with van der Waals surface area (Å²) in [5, 5.41) is 11.5. The largest absolute Gasteiger partial charge is 0.397 e. The van der Waals surface area contributed by atoms with Gasteiger partial charge in [-0.25, -0.2) is 8.78 Å². The molecular weight excluding hydrogens is 264 g/mol. The van der Waals surface area contributed by atoms with E-state index in [1.807, 2.05) is 18.2 Å². The van der Waals surface area contributed by atoms with E-state index in [0.717, 1.165) is 10.9 Å². The Morgan fingerprint density at radius 3 is 2.50 bits per heavy atom. The van der Waals surface area contributed by atoms with Crippen LogP contribution in [0.4, 0.5) is 14.5 Å². The fourth-order valence-electron chi connectivity index (χ4n) is 1.77. The molecular formula is C13H9F2N5. The first-order valence-electron chi connectivity index (χ1n) is 5.76. The van der Waals surface area contributed by atoms with Gasteiger partial charge < -0.3 is 5.73 Å². The summed E-state index contributed by atoms with van der Waals surface area (Å²) >= 11 is 0. The Hall–Kier alpha value is -2.83. The van der Waals surface area contributed by atoms with E-state index < -0.39 is 11.6 Å². The van der Waals surface area contributed by atoms with Gasteiger partial charge in [0.2, 0.25) is 5.82 Å². The lowest BCUT2D eigenvalue weighted by atomic mass is 10.2. The molecule has 0 unspecified atom stereocenters. The van der Waals surface area contributed by atoms with Crippen LogP contribution in [0.25, 0.3) is 17.1 Å². The number of anilines is 1. The summed E-state index contributed by atoms with van der Waals surface area (Å²) in [6.45, 7) is 0. The van der Waals surface area contributed by atoms with Gasteiger partial charge in [0.05, 0.1) is 5.69 Å². The number of nitrogen functional groups attached to an aromatic ring is 1. The van der Waals surface area contributed by atoms with Gasteiger partial charge in [-0.05, 0) is 17.3 Å². The van der Waals surface area contributed by atoms with Gasteiger partial charge in [0.1, 0.15) is 5.69 Å². The van der Waals surface area contributed by atoms with E-state index in [1.165, 1.54) is 6.07 Å². The number of benzene rings is 2. The quantitative estimate of drug-likeness (QED) is 0.727. The molecule has 1 aromatic heterocycles. The summed E-state index contributed by atoms with van der Waals surface area (Å²) in [4.78, 5) is 0.885. The number of nitrogens with zero attached hydrogens (tertiary/aromatic N) is 4. The Bertz CT molecular complexity index is 755. The molecule has 7 heteroatoms. The Labute approximate surface area is 112 Å². The topological polar surface area (TPSA) is 69.6 Å². The van der Waals surface area contributed by atoms with Crippen molar-refractivity contribution >= 4 is 5.69 Å². The van der Waals surface area contributed by atoms with Crippen molar-refractivity contribution in [3.8, 4) is 17.1 Å². The van der Waals surface area contributed by atoms with Crippen LogP contribution in [0.3, 0.4) is 0 Å². The van der Waals surface area contributed by atoms with Gasteiger partial charge >= 0.3 is 0 Å². The molecule has 1 heterocycles. The van der Waals surface area contributed by atoms with Crippen LogP contribution in [0.15, 0.2) is 42.5 Å². The normalized spacial score (nSPS) is 10.7. The minimum Gasteiger partial charge on any atom is -0.397 e. The molecule has 0 spiro atoms. The van der Waals surface area contributed by atoms with Crippen LogP contribution in [0, 0.1) is 11.6 Å². The van der Waals surface area contributed by atoms with E-state index in [9.17, 15) is 8.78 Å². The Morgan fingerprint density at radius 2 is 1.75 bits per heavy atom. The molecule has 2 N–H and O–H groups in total. The van der Waals surface area contributed by atoms with Gasteiger partial charge in [-0.2, -0.15) is 0 Å². The number of nitrogens with two attached hydrogens (primary N) is 1. The molecule has 5 nitrogen and oxygen atoms in total. The van der Waals surface area contributed by atoms with Crippen molar-refractivity contribution in [2.75, 3.05) is 5.73 Å². The molecule has 0 aliphatic rings. The van der Waals surface area contributed by atoms with E-state index in [-0.39, 0.29) is 11.4 Å². The molecule has 0 fully saturated rings. The van der Waals surface area contributed by atoms with Crippen molar-refractivity contribution in [3.05, 3.63) is 54.1 Å². The van der Waals surface area contributed by atoms with Gasteiger partial charge in [-0.3, -0.25) is 0 Å². The zero-order valence-electron chi connectivity index (χ0n) is 10.2. The second-order valence-electron chi connectivity index (χ2n) is 4.07. The van der Waals surface area contributed by atoms with Gasteiger partial charge in [-0.15, -0.1) is 15.0 Å². The maximum atomic E-state index is 13.8. The standard InChI is InChI=1S/C13H9F2N5/c14-9-6-7-10(16)12(11(9)15)20-18-13(17-19-20)8-4-2-1-3-5-8/h1-7H,16H2. The van der Waals surface area contributed by atoms with Crippen LogP contribution >= 0.6 is 0 Å². The maximum absolute atomic E-state index is 13.8. The minimum absolute atomic E-state index is 0.0286. The van der Waals surface area contributed by atoms with Gasteiger partial charge in [-0.1, -0.05) is 30.3 Å². The average Bonchev–Trinajstić information content (AvgIpc) is 2.94. The van der Waals surface area contributed by atoms with Gasteiger partial charge in [0.15, 0.2) is 11.6 Å². The first-order chi connectivity index (χ1) is 9.66. The summed E-state index contributed by atoms with van der Waals surface area (Å²) in [6, 6.07) is 11.2. The highest BCUT2D eigenvalue weighted by Crippen LogP contribution is 2.22. The summed E-state index contributed by atoms with van der Waals surface area (Å²) in [7, 11) is 0. The second kappa shape index (κ2) is 4.69. The number of tetrazole rings is 1. The first kappa shape index (κ1) is 12.2. The first-order valence-corrected chi connectivity index (χ1v) is 5.76. The molecule has 0 aliphatic carbocycles. The van der Waals surface area contributed by atoms with Crippen molar-refractivity contribution in [2.45, 2.75) is 0 Å². The van der Waals surface area contributed by atoms with Crippen molar-refractivity contribution < 1.29 is 8.78 Å². The molecule has 2 aromatic carbocycles. The predicted molar refractivity (Wildman–Crippen MR) is 68.9 cm³/mol. The highest BCUT2D eigenvalue weighted by molar-refractivity contribution is 5.59. The molecule has 0 saturated carbocycles. The predicted octanol–water partition coefficient (Wildman–Crippen LogP) is 2.19. The molecule has 100 valence electrons. The van der Waals surface area contributed by atoms with E-state index in [4.69, 9.17) is 5.73 Å². The third kappa shape index (κ3) is 1.99. The Morgan fingerprint density at radius 1 is 1.00 bits per heavy atom. The number of aromatic nitrogens is 4. The number of rotatable bonds is 2. The van der Waals surface area contributed by atoms with Gasteiger partial charge in [0, 0.05) is 5.56 Å². The molecule has 20 heavy (non-hydrogen) atoms. The lowest BCUT2D eigenvalue weighted by Gasteiger charge is -2.04. The van der Waals surface area contributed by atoms with Crippen LogP contribution in [-0.4, -0.2) is 20.2 Å². The minimum atomic E-state index is -1.11. The second-order valence-corrected chi connectivity index (χ2v) is 4.07. The lowest BCUT2D eigenvalue weighted by molar-refractivity contribution is 0.496. The SMILES string of the molecule is Nc1ccc(F)c(F)c1-n1nnc(-c2ccccc2)n1. The van der Waals surface area contributed by atoms with Crippen molar-refractivity contribution in [1.82, 2.24) is 20.2 Å². The van der Waals surface area contributed by atoms with Crippen molar-refractivity contribution in [2.24, 2.45) is 0 Å². The fraction of sp³-hybridized carbons (Fsp3) is 0. The van der Waals surface area contributed by atoms with E-state index in [0.29, 0.717) is 11.4 Å². The lowest BCUT2D eigenvalue weighted by Crippen LogP contribution is -2.08. The zero-order chi connectivity index (χ0) is 14.1. The number of halogens is 2. The maximum Gasteiger partial charge on any atom is 0.205 e. The molecule has 0 saturated heterocycles. The summed E-state index contributed by atoms with van der Waals surface area (Å²) < 4.78 is 27.0. The third-order valence-corrected chi connectivity index (χ3v) is 2.75. The Balaban J connectivity index is 2.10. The van der Waals surface area contributed by atoms with E-state index in [2.05, 4.69) is 15.4 Å². The molecule has 3 rings (SSSR count). The van der Waals surface area contributed by atoms with Crippen LogP contribution < -0.4 is 5.73 Å². The van der Waals surface area contributed by atoms with E-state index >= 15 is 0 Å². The zero-order valence-corrected chi connectivity index (χ0v) is 10.2. The monoisotopic (exact) mass is 273 g/mol. The smallest absolute Gasteiger partial charge is 0.205 e. The average molecular weight is 273 g/mol. The number of hydrogen-bond acceptors (Lipinski definition) is 4. The summed E-state index contributed by atoms with van der Waals surface area (Å²) in [5.41, 5.74) is 6.13. The van der Waals surface area contributed by atoms with Crippen molar-refractivity contribution in [1.29, 1.82) is 0 Å². The highest BCUT2D eigenvalue weighted by Gasteiger charge is 2.17. The molecule has 0 aliphatic heterocycles. The van der Waals surface area contributed by atoms with Crippen LogP contribution in [0.5, 0.6) is 0 Å². The van der Waals surface area contributed by atoms with Crippen LogP contribution in [0.2, 0.25) is 0 Å². The van der Waals surface area contributed by atoms with Gasteiger partial charge in [0.25, 0.3) is 0 Å². The third-order valence-electron chi connectivity index (χ3n) is 2.75. The molecule has 0 radical (unpaired) electrons. The highest BCUT2D eigenvalue weighted by atomic mass is 19.2. The molecule has 0 bridgehead atoms.